The minimum Gasteiger partial charge on any atom is -0.476 e. The van der Waals surface area contributed by atoms with Crippen molar-refractivity contribution in [2.75, 3.05) is 12.3 Å². The predicted molar refractivity (Wildman–Crippen MR) is 82.9 cm³/mol. The topological polar surface area (TPSA) is 57.4 Å². The Hall–Kier alpha value is -1.75. The van der Waals surface area contributed by atoms with E-state index >= 15 is 0 Å². The molecule has 4 nitrogen and oxygen atoms in total. The van der Waals surface area contributed by atoms with Crippen molar-refractivity contribution in [2.24, 2.45) is 0 Å². The first-order chi connectivity index (χ1) is 9.69. The smallest absolute Gasteiger partial charge is 0.240 e. The Labute approximate surface area is 127 Å². The van der Waals surface area contributed by atoms with Gasteiger partial charge < -0.3 is 15.2 Å². The van der Waals surface area contributed by atoms with Gasteiger partial charge in [0, 0.05) is 10.5 Å². The van der Waals surface area contributed by atoms with E-state index < -0.39 is 0 Å². The summed E-state index contributed by atoms with van der Waals surface area (Å²) in [6, 6.07) is 11.4. The number of hydrogen-bond acceptors (Lipinski definition) is 4. The zero-order chi connectivity index (χ0) is 14.4. The first-order valence-electron chi connectivity index (χ1n) is 6.45. The second kappa shape index (κ2) is 7.14. The monoisotopic (exact) mass is 336 g/mol. The van der Waals surface area contributed by atoms with Crippen LogP contribution in [0.15, 0.2) is 40.9 Å². The van der Waals surface area contributed by atoms with Gasteiger partial charge in [-0.15, -0.1) is 0 Å². The van der Waals surface area contributed by atoms with E-state index in [0.29, 0.717) is 30.7 Å². The van der Waals surface area contributed by atoms with Crippen LogP contribution < -0.4 is 15.2 Å². The lowest BCUT2D eigenvalue weighted by molar-refractivity contribution is 0.274. The maximum Gasteiger partial charge on any atom is 0.240 e. The number of nitrogen functional groups attached to an aromatic ring is 1. The molecule has 0 radical (unpaired) electrons. The molecule has 0 spiro atoms. The average molecular weight is 337 g/mol. The molecule has 0 unspecified atom stereocenters. The van der Waals surface area contributed by atoms with E-state index in [-0.39, 0.29) is 0 Å². The molecule has 0 amide bonds. The van der Waals surface area contributed by atoms with Crippen LogP contribution in [-0.4, -0.2) is 11.6 Å². The van der Waals surface area contributed by atoms with Gasteiger partial charge in [0.15, 0.2) is 0 Å². The van der Waals surface area contributed by atoms with E-state index in [1.165, 1.54) is 0 Å². The maximum atomic E-state index is 5.81. The Bertz CT molecular complexity index is 558. The Balaban J connectivity index is 2.00. The number of pyridine rings is 1. The minimum absolute atomic E-state index is 0.431. The lowest BCUT2D eigenvalue weighted by Gasteiger charge is -2.10. The first-order valence-corrected chi connectivity index (χ1v) is 7.25. The molecule has 0 fully saturated rings. The normalized spacial score (nSPS) is 10.3. The Morgan fingerprint density at radius 2 is 1.85 bits per heavy atom. The minimum atomic E-state index is 0.431. The molecule has 106 valence electrons. The van der Waals surface area contributed by atoms with E-state index in [0.717, 1.165) is 16.5 Å². The van der Waals surface area contributed by atoms with Crippen LogP contribution in [0.3, 0.4) is 0 Å². The molecule has 0 bridgehead atoms. The van der Waals surface area contributed by atoms with Gasteiger partial charge in [-0.2, -0.15) is 4.98 Å². The Morgan fingerprint density at radius 3 is 2.55 bits per heavy atom. The van der Waals surface area contributed by atoms with Crippen molar-refractivity contribution in [3.63, 3.8) is 0 Å². The number of nitrogens with zero attached hydrogens (tertiary/aromatic N) is 1. The van der Waals surface area contributed by atoms with Crippen molar-refractivity contribution in [1.82, 2.24) is 4.98 Å². The summed E-state index contributed by atoms with van der Waals surface area (Å²) in [4.78, 5) is 4.26. The number of hydrogen-bond donors (Lipinski definition) is 1. The third-order valence-electron chi connectivity index (χ3n) is 2.61. The van der Waals surface area contributed by atoms with Gasteiger partial charge in [0.2, 0.25) is 11.8 Å². The molecule has 5 heteroatoms. The van der Waals surface area contributed by atoms with Crippen LogP contribution in [0.1, 0.15) is 18.9 Å². The van der Waals surface area contributed by atoms with Crippen molar-refractivity contribution in [2.45, 2.75) is 20.0 Å². The van der Waals surface area contributed by atoms with E-state index in [1.807, 2.05) is 31.2 Å². The molecule has 1 heterocycles. The Kier molecular flexibility index (Phi) is 5.24. The largest absolute Gasteiger partial charge is 0.476 e. The van der Waals surface area contributed by atoms with Crippen LogP contribution in [0.2, 0.25) is 0 Å². The molecular weight excluding hydrogens is 320 g/mol. The number of benzene rings is 1. The molecule has 0 aliphatic rings. The van der Waals surface area contributed by atoms with E-state index in [1.54, 1.807) is 12.1 Å². The summed E-state index contributed by atoms with van der Waals surface area (Å²) in [5, 5.41) is 0. The van der Waals surface area contributed by atoms with Gasteiger partial charge in [-0.05, 0) is 30.2 Å². The zero-order valence-electron chi connectivity index (χ0n) is 11.3. The number of anilines is 1. The summed E-state index contributed by atoms with van der Waals surface area (Å²) in [5.74, 6) is 0.938. The van der Waals surface area contributed by atoms with Crippen LogP contribution in [0.5, 0.6) is 11.8 Å². The fraction of sp³-hybridized carbons (Fsp3) is 0.267. The number of rotatable bonds is 6. The SMILES string of the molecule is CCCOc1nc(OCc2ccc(Br)cc2)ccc1N. The number of nitrogens with two attached hydrogens (primary N) is 1. The fourth-order valence-corrected chi connectivity index (χ4v) is 1.83. The summed E-state index contributed by atoms with van der Waals surface area (Å²) >= 11 is 3.40. The third kappa shape index (κ3) is 4.13. The molecule has 1 aromatic heterocycles. The highest BCUT2D eigenvalue weighted by Crippen LogP contribution is 2.23. The van der Waals surface area contributed by atoms with Crippen LogP contribution >= 0.6 is 15.9 Å². The maximum absolute atomic E-state index is 5.81. The highest BCUT2D eigenvalue weighted by Gasteiger charge is 2.05. The van der Waals surface area contributed by atoms with Crippen molar-refractivity contribution in [3.8, 4) is 11.8 Å². The molecule has 0 saturated heterocycles. The molecule has 2 aromatic rings. The molecule has 0 atom stereocenters. The van der Waals surface area contributed by atoms with E-state index in [4.69, 9.17) is 15.2 Å². The number of halogens is 1. The van der Waals surface area contributed by atoms with Crippen molar-refractivity contribution < 1.29 is 9.47 Å². The zero-order valence-corrected chi connectivity index (χ0v) is 12.9. The molecule has 2 N–H and O–H groups in total. The van der Waals surface area contributed by atoms with Gasteiger partial charge in [-0.3, -0.25) is 0 Å². The van der Waals surface area contributed by atoms with Crippen molar-refractivity contribution >= 4 is 21.6 Å². The summed E-state index contributed by atoms with van der Waals surface area (Å²) in [5.41, 5.74) is 7.40. The molecular formula is C15H17BrN2O2. The number of ether oxygens (including phenoxy) is 2. The van der Waals surface area contributed by atoms with E-state index in [9.17, 15) is 0 Å². The van der Waals surface area contributed by atoms with E-state index in [2.05, 4.69) is 20.9 Å². The molecule has 2 rings (SSSR count). The predicted octanol–water partition coefficient (Wildman–Crippen LogP) is 3.79. The standard InChI is InChI=1S/C15H17BrN2O2/c1-2-9-19-15-13(17)7-8-14(18-15)20-10-11-3-5-12(16)6-4-11/h3-8H,2,9-10,17H2,1H3. The quantitative estimate of drug-likeness (QED) is 0.871. The van der Waals surface area contributed by atoms with Crippen molar-refractivity contribution in [1.29, 1.82) is 0 Å². The van der Waals surface area contributed by atoms with Gasteiger partial charge in [-0.1, -0.05) is 35.0 Å². The molecule has 0 saturated carbocycles. The second-order valence-corrected chi connectivity index (χ2v) is 5.22. The highest BCUT2D eigenvalue weighted by molar-refractivity contribution is 9.10. The molecule has 20 heavy (non-hydrogen) atoms. The average Bonchev–Trinajstić information content (AvgIpc) is 2.46. The fourth-order valence-electron chi connectivity index (χ4n) is 1.57. The molecule has 0 aliphatic heterocycles. The second-order valence-electron chi connectivity index (χ2n) is 4.31. The lowest BCUT2D eigenvalue weighted by Crippen LogP contribution is -2.03. The first kappa shape index (κ1) is 14.7. The summed E-state index contributed by atoms with van der Waals surface area (Å²) in [7, 11) is 0. The summed E-state index contributed by atoms with van der Waals surface area (Å²) < 4.78 is 12.2. The van der Waals surface area contributed by atoms with Gasteiger partial charge in [0.05, 0.1) is 12.3 Å². The van der Waals surface area contributed by atoms with Crippen LogP contribution in [0.4, 0.5) is 5.69 Å². The van der Waals surface area contributed by atoms with Gasteiger partial charge in [0.1, 0.15) is 6.61 Å². The van der Waals surface area contributed by atoms with Crippen LogP contribution in [0, 0.1) is 0 Å². The van der Waals surface area contributed by atoms with Crippen LogP contribution in [-0.2, 0) is 6.61 Å². The summed E-state index contributed by atoms with van der Waals surface area (Å²) in [6.07, 6.45) is 0.908. The van der Waals surface area contributed by atoms with Gasteiger partial charge in [0.25, 0.3) is 0 Å². The Morgan fingerprint density at radius 1 is 1.10 bits per heavy atom. The van der Waals surface area contributed by atoms with Crippen molar-refractivity contribution in [3.05, 3.63) is 46.4 Å². The summed E-state index contributed by atoms with van der Waals surface area (Å²) in [6.45, 7) is 3.08. The third-order valence-corrected chi connectivity index (χ3v) is 3.14. The van der Waals surface area contributed by atoms with Crippen LogP contribution in [0.25, 0.3) is 0 Å². The highest BCUT2D eigenvalue weighted by atomic mass is 79.9. The number of aromatic nitrogens is 1. The lowest BCUT2D eigenvalue weighted by atomic mass is 10.2. The van der Waals surface area contributed by atoms with Gasteiger partial charge in [-0.25, -0.2) is 0 Å². The molecule has 0 aliphatic carbocycles. The van der Waals surface area contributed by atoms with Gasteiger partial charge >= 0.3 is 0 Å². The molecule has 1 aromatic carbocycles.